The van der Waals surface area contributed by atoms with E-state index >= 15 is 0 Å². The topological polar surface area (TPSA) is 105 Å². The molecule has 0 bridgehead atoms. The van der Waals surface area contributed by atoms with Crippen molar-refractivity contribution in [3.63, 3.8) is 0 Å². The maximum atomic E-state index is 12.5. The first-order chi connectivity index (χ1) is 8.54. The first-order valence-electron chi connectivity index (χ1n) is 5.06. The van der Waals surface area contributed by atoms with Gasteiger partial charge in [-0.25, -0.2) is 9.59 Å². The third kappa shape index (κ3) is 4.64. The van der Waals surface area contributed by atoms with Crippen LogP contribution in [0.15, 0.2) is 0 Å². The number of carbonyl (C=O) groups excluding carboxylic acids is 2. The van der Waals surface area contributed by atoms with Gasteiger partial charge in [0.15, 0.2) is 0 Å². The summed E-state index contributed by atoms with van der Waals surface area (Å²) in [4.78, 5) is 32.6. The molecule has 0 fully saturated rings. The van der Waals surface area contributed by atoms with Crippen LogP contribution in [0.3, 0.4) is 0 Å². The van der Waals surface area contributed by atoms with E-state index in [4.69, 9.17) is 5.11 Å². The average Bonchev–Trinajstić information content (AvgIpc) is 2.24. The molecule has 7 nitrogen and oxygen atoms in total. The van der Waals surface area contributed by atoms with Gasteiger partial charge in [0.25, 0.3) is 0 Å². The van der Waals surface area contributed by atoms with Gasteiger partial charge < -0.3 is 20.5 Å². The standard InChI is InChI=1S/C9H13F3N2O5/c1-3-19-5(15)4-13-7(18)14-8(2,6(16)17)9(10,11)12/h3-4H2,1-2H3,(H,16,17)(H2,13,14,18). The van der Waals surface area contributed by atoms with Crippen LogP contribution in [0.2, 0.25) is 0 Å². The van der Waals surface area contributed by atoms with Crippen LogP contribution in [0.25, 0.3) is 0 Å². The molecule has 1 atom stereocenters. The molecule has 2 amide bonds. The predicted molar refractivity (Wildman–Crippen MR) is 55.3 cm³/mol. The minimum atomic E-state index is -5.19. The Morgan fingerprint density at radius 2 is 1.79 bits per heavy atom. The summed E-state index contributed by atoms with van der Waals surface area (Å²) in [5.74, 6) is -3.13. The van der Waals surface area contributed by atoms with E-state index in [1.165, 1.54) is 12.2 Å². The first-order valence-corrected chi connectivity index (χ1v) is 5.06. The van der Waals surface area contributed by atoms with Crippen LogP contribution in [0.1, 0.15) is 13.8 Å². The zero-order chi connectivity index (χ0) is 15.3. The molecule has 0 rings (SSSR count). The predicted octanol–water partition coefficient (Wildman–Crippen LogP) is 0.254. The Bertz CT molecular complexity index is 371. The zero-order valence-electron chi connectivity index (χ0n) is 10.1. The minimum Gasteiger partial charge on any atom is -0.479 e. The number of hydrogen-bond acceptors (Lipinski definition) is 4. The van der Waals surface area contributed by atoms with Crippen molar-refractivity contribution in [2.75, 3.05) is 13.2 Å². The third-order valence-electron chi connectivity index (χ3n) is 2.06. The van der Waals surface area contributed by atoms with E-state index in [2.05, 4.69) is 4.74 Å². The molecular weight excluding hydrogens is 273 g/mol. The number of carboxylic acid groups (broad SMARTS) is 1. The van der Waals surface area contributed by atoms with Gasteiger partial charge in [-0.1, -0.05) is 0 Å². The van der Waals surface area contributed by atoms with Crippen molar-refractivity contribution in [2.24, 2.45) is 0 Å². The van der Waals surface area contributed by atoms with Crippen molar-refractivity contribution in [1.82, 2.24) is 10.6 Å². The fraction of sp³-hybridized carbons (Fsp3) is 0.667. The number of urea groups is 1. The molecule has 0 aromatic carbocycles. The fourth-order valence-corrected chi connectivity index (χ4v) is 0.881. The smallest absolute Gasteiger partial charge is 0.422 e. The van der Waals surface area contributed by atoms with E-state index in [1.807, 2.05) is 0 Å². The number of ether oxygens (including phenoxy) is 1. The summed E-state index contributed by atoms with van der Waals surface area (Å²) in [5.41, 5.74) is -3.45. The van der Waals surface area contributed by atoms with Crippen molar-refractivity contribution in [1.29, 1.82) is 0 Å². The lowest BCUT2D eigenvalue weighted by Gasteiger charge is -2.28. The summed E-state index contributed by atoms with van der Waals surface area (Å²) in [6.07, 6.45) is -5.19. The number of carbonyl (C=O) groups is 3. The molecule has 0 heterocycles. The van der Waals surface area contributed by atoms with Gasteiger partial charge in [-0.15, -0.1) is 0 Å². The second-order valence-electron chi connectivity index (χ2n) is 3.54. The van der Waals surface area contributed by atoms with Gasteiger partial charge in [0.2, 0.25) is 5.54 Å². The molecule has 110 valence electrons. The molecule has 0 spiro atoms. The molecule has 0 aliphatic carbocycles. The van der Waals surface area contributed by atoms with Crippen LogP contribution in [0, 0.1) is 0 Å². The summed E-state index contributed by atoms with van der Waals surface area (Å²) in [6.45, 7) is 1.16. The van der Waals surface area contributed by atoms with E-state index in [1.54, 1.807) is 5.32 Å². The maximum Gasteiger partial charge on any atom is 0.422 e. The lowest BCUT2D eigenvalue weighted by molar-refractivity contribution is -0.203. The van der Waals surface area contributed by atoms with Gasteiger partial charge in [0.1, 0.15) is 6.54 Å². The molecule has 0 aromatic rings. The van der Waals surface area contributed by atoms with Gasteiger partial charge in [0.05, 0.1) is 6.61 Å². The molecule has 0 saturated heterocycles. The summed E-state index contributed by atoms with van der Waals surface area (Å²) in [6, 6.07) is -1.45. The van der Waals surface area contributed by atoms with Crippen LogP contribution in [-0.4, -0.2) is 47.9 Å². The highest BCUT2D eigenvalue weighted by Gasteiger charge is 2.58. The van der Waals surface area contributed by atoms with Gasteiger partial charge >= 0.3 is 24.1 Å². The van der Waals surface area contributed by atoms with E-state index in [9.17, 15) is 27.6 Å². The van der Waals surface area contributed by atoms with Crippen molar-refractivity contribution < 1.29 is 37.4 Å². The largest absolute Gasteiger partial charge is 0.479 e. The van der Waals surface area contributed by atoms with Crippen molar-refractivity contribution >= 4 is 18.0 Å². The van der Waals surface area contributed by atoms with Crippen molar-refractivity contribution in [3.8, 4) is 0 Å². The van der Waals surface area contributed by atoms with Gasteiger partial charge in [-0.2, -0.15) is 13.2 Å². The van der Waals surface area contributed by atoms with E-state index in [-0.39, 0.29) is 6.61 Å². The maximum absolute atomic E-state index is 12.5. The Hall–Kier alpha value is -2.00. The highest BCUT2D eigenvalue weighted by atomic mass is 19.4. The first kappa shape index (κ1) is 17.0. The summed E-state index contributed by atoms with van der Waals surface area (Å²) >= 11 is 0. The number of rotatable bonds is 5. The van der Waals surface area contributed by atoms with Crippen molar-refractivity contribution in [3.05, 3.63) is 0 Å². The SMILES string of the molecule is CCOC(=O)CNC(=O)NC(C)(C(=O)O)C(F)(F)F. The van der Waals surface area contributed by atoms with Crippen molar-refractivity contribution in [2.45, 2.75) is 25.6 Å². The van der Waals surface area contributed by atoms with Crippen LogP contribution < -0.4 is 10.6 Å². The lowest BCUT2D eigenvalue weighted by Crippen LogP contribution is -2.63. The Morgan fingerprint density at radius 3 is 2.16 bits per heavy atom. The fourth-order valence-electron chi connectivity index (χ4n) is 0.881. The van der Waals surface area contributed by atoms with E-state index in [0.717, 1.165) is 0 Å². The van der Waals surface area contributed by atoms with Crippen LogP contribution >= 0.6 is 0 Å². The Morgan fingerprint density at radius 1 is 1.26 bits per heavy atom. The number of esters is 1. The zero-order valence-corrected chi connectivity index (χ0v) is 10.1. The Balaban J connectivity index is 4.60. The summed E-state index contributed by atoms with van der Waals surface area (Å²) in [5, 5.41) is 11.5. The molecule has 3 N–H and O–H groups in total. The highest BCUT2D eigenvalue weighted by Crippen LogP contribution is 2.30. The second kappa shape index (κ2) is 6.25. The number of nitrogens with one attached hydrogen (secondary N) is 2. The highest BCUT2D eigenvalue weighted by molar-refractivity contribution is 5.88. The summed E-state index contributed by atoms with van der Waals surface area (Å²) < 4.78 is 42.0. The second-order valence-corrected chi connectivity index (χ2v) is 3.54. The average molecular weight is 286 g/mol. The van der Waals surface area contributed by atoms with Gasteiger partial charge in [-0.3, -0.25) is 4.79 Å². The lowest BCUT2D eigenvalue weighted by atomic mass is 10.0. The molecular formula is C9H13F3N2O5. The van der Waals surface area contributed by atoms with E-state index in [0.29, 0.717) is 6.92 Å². The summed E-state index contributed by atoms with van der Waals surface area (Å²) in [7, 11) is 0. The third-order valence-corrected chi connectivity index (χ3v) is 2.06. The van der Waals surface area contributed by atoms with Crippen LogP contribution in [0.4, 0.5) is 18.0 Å². The normalized spacial score (nSPS) is 14.2. The Labute approximate surface area is 106 Å². The molecule has 0 saturated carbocycles. The molecule has 10 heteroatoms. The van der Waals surface area contributed by atoms with Crippen LogP contribution in [-0.2, 0) is 14.3 Å². The number of carboxylic acids is 1. The monoisotopic (exact) mass is 286 g/mol. The molecule has 0 aliphatic heterocycles. The molecule has 1 unspecified atom stereocenters. The quantitative estimate of drug-likeness (QED) is 0.628. The minimum absolute atomic E-state index is 0.0392. The number of alkyl halides is 3. The molecule has 0 radical (unpaired) electrons. The number of hydrogen-bond donors (Lipinski definition) is 3. The van der Waals surface area contributed by atoms with Crippen LogP contribution in [0.5, 0.6) is 0 Å². The Kier molecular flexibility index (Phi) is 5.59. The number of amides is 2. The van der Waals surface area contributed by atoms with Gasteiger partial charge in [0, 0.05) is 0 Å². The number of aliphatic carboxylic acids is 1. The van der Waals surface area contributed by atoms with Gasteiger partial charge in [-0.05, 0) is 13.8 Å². The molecule has 0 aliphatic rings. The molecule has 0 aromatic heterocycles. The van der Waals surface area contributed by atoms with E-state index < -0.39 is 36.2 Å². The number of halogens is 3. The molecule has 19 heavy (non-hydrogen) atoms.